The number of benzene rings is 3. The first-order valence-corrected chi connectivity index (χ1v) is 12.6. The number of anilines is 2. The standard InChI is InChI=1S/C31H28N4O7/c1-39-21-13-10-19(11-14-21)29(36)34-23-15-12-20(16-24(23)40-2)35-27(31(38)42-4)26(30(37)41-3)25(22(17-32)28(35)33)18-8-6-5-7-9-18/h5-16,25H,33H2,1-4H3,(H,34,36). The summed E-state index contributed by atoms with van der Waals surface area (Å²) in [6.07, 6.45) is 0. The van der Waals surface area contributed by atoms with E-state index in [1.165, 1.54) is 32.3 Å². The van der Waals surface area contributed by atoms with Crippen LogP contribution >= 0.6 is 0 Å². The summed E-state index contributed by atoms with van der Waals surface area (Å²) < 4.78 is 20.8. The summed E-state index contributed by atoms with van der Waals surface area (Å²) in [6, 6.07) is 21.9. The number of ether oxygens (including phenoxy) is 4. The fraction of sp³-hybridized carbons (Fsp3) is 0.161. The first kappa shape index (κ1) is 29.2. The molecule has 11 heteroatoms. The van der Waals surface area contributed by atoms with Crippen molar-refractivity contribution in [3.05, 3.63) is 107 Å². The van der Waals surface area contributed by atoms with Gasteiger partial charge in [-0.05, 0) is 42.0 Å². The van der Waals surface area contributed by atoms with Gasteiger partial charge in [0, 0.05) is 11.6 Å². The average molecular weight is 569 g/mol. The fourth-order valence-corrected chi connectivity index (χ4v) is 4.64. The van der Waals surface area contributed by atoms with Crippen molar-refractivity contribution in [2.24, 2.45) is 5.73 Å². The van der Waals surface area contributed by atoms with Crippen LogP contribution in [0.25, 0.3) is 0 Å². The molecule has 214 valence electrons. The number of nitrogens with two attached hydrogens (primary N) is 1. The number of nitrogens with zero attached hydrogens (tertiary/aromatic N) is 2. The van der Waals surface area contributed by atoms with Crippen LogP contribution in [0.4, 0.5) is 11.4 Å². The lowest BCUT2D eigenvalue weighted by molar-refractivity contribution is -0.139. The second kappa shape index (κ2) is 12.6. The number of allylic oxidation sites excluding steroid dienone is 1. The van der Waals surface area contributed by atoms with Crippen molar-refractivity contribution in [2.75, 3.05) is 38.7 Å². The lowest BCUT2D eigenvalue weighted by atomic mass is 9.81. The van der Waals surface area contributed by atoms with Crippen molar-refractivity contribution < 1.29 is 33.3 Å². The molecular formula is C31H28N4O7. The zero-order chi connectivity index (χ0) is 30.4. The van der Waals surface area contributed by atoms with Gasteiger partial charge in [-0.1, -0.05) is 30.3 Å². The highest BCUT2D eigenvalue weighted by Gasteiger charge is 2.43. The highest BCUT2D eigenvalue weighted by molar-refractivity contribution is 6.07. The number of amides is 1. The molecule has 1 heterocycles. The quantitative estimate of drug-likeness (QED) is 0.383. The predicted molar refractivity (Wildman–Crippen MR) is 153 cm³/mol. The van der Waals surface area contributed by atoms with E-state index in [9.17, 15) is 19.6 Å². The van der Waals surface area contributed by atoms with Gasteiger partial charge in [0.1, 0.15) is 23.0 Å². The molecule has 0 spiro atoms. The van der Waals surface area contributed by atoms with E-state index < -0.39 is 23.8 Å². The van der Waals surface area contributed by atoms with Gasteiger partial charge in [-0.15, -0.1) is 0 Å². The van der Waals surface area contributed by atoms with Crippen LogP contribution < -0.4 is 25.4 Å². The Balaban J connectivity index is 1.85. The highest BCUT2D eigenvalue weighted by atomic mass is 16.5. The molecule has 4 rings (SSSR count). The van der Waals surface area contributed by atoms with E-state index in [1.807, 2.05) is 0 Å². The SMILES string of the molecule is COC(=O)C1=C(C(=O)OC)N(c2ccc(NC(=O)c3ccc(OC)cc3)c(OC)c2)C(N)=C(C#N)C1c1ccccc1. The molecule has 1 aliphatic rings. The van der Waals surface area contributed by atoms with Crippen LogP contribution in [0.5, 0.6) is 11.5 Å². The first-order chi connectivity index (χ1) is 20.3. The van der Waals surface area contributed by atoms with Crippen LogP contribution in [0.15, 0.2) is 95.5 Å². The van der Waals surface area contributed by atoms with Crippen LogP contribution in [-0.2, 0) is 19.1 Å². The molecule has 0 radical (unpaired) electrons. The second-order valence-corrected chi connectivity index (χ2v) is 8.90. The van der Waals surface area contributed by atoms with Crippen molar-refractivity contribution in [3.8, 4) is 17.6 Å². The highest BCUT2D eigenvalue weighted by Crippen LogP contribution is 2.44. The molecule has 0 saturated heterocycles. The largest absolute Gasteiger partial charge is 0.497 e. The van der Waals surface area contributed by atoms with Gasteiger partial charge in [0.2, 0.25) is 0 Å². The zero-order valence-electron chi connectivity index (χ0n) is 23.3. The van der Waals surface area contributed by atoms with Gasteiger partial charge in [-0.25, -0.2) is 9.59 Å². The van der Waals surface area contributed by atoms with Crippen LogP contribution in [-0.4, -0.2) is 46.3 Å². The first-order valence-electron chi connectivity index (χ1n) is 12.6. The van der Waals surface area contributed by atoms with Crippen molar-refractivity contribution in [1.82, 2.24) is 0 Å². The Morgan fingerprint density at radius 1 is 0.881 bits per heavy atom. The number of methoxy groups -OCH3 is 4. The smallest absolute Gasteiger partial charge is 0.355 e. The normalized spacial score (nSPS) is 14.5. The van der Waals surface area contributed by atoms with Crippen molar-refractivity contribution in [1.29, 1.82) is 5.26 Å². The van der Waals surface area contributed by atoms with Crippen molar-refractivity contribution >= 4 is 29.2 Å². The fourth-order valence-electron chi connectivity index (χ4n) is 4.64. The molecule has 0 fully saturated rings. The van der Waals surface area contributed by atoms with E-state index in [0.29, 0.717) is 22.6 Å². The number of hydrogen-bond acceptors (Lipinski definition) is 10. The molecule has 1 unspecified atom stereocenters. The zero-order valence-corrected chi connectivity index (χ0v) is 23.3. The summed E-state index contributed by atoms with van der Waals surface area (Å²) >= 11 is 0. The number of nitriles is 1. The van der Waals surface area contributed by atoms with E-state index in [1.54, 1.807) is 66.7 Å². The van der Waals surface area contributed by atoms with Gasteiger partial charge in [-0.2, -0.15) is 5.26 Å². The lowest BCUT2D eigenvalue weighted by Crippen LogP contribution is -2.40. The molecule has 42 heavy (non-hydrogen) atoms. The van der Waals surface area contributed by atoms with E-state index in [4.69, 9.17) is 24.7 Å². The molecule has 3 aromatic rings. The van der Waals surface area contributed by atoms with Crippen LogP contribution in [0.3, 0.4) is 0 Å². The number of carbonyl (C=O) groups excluding carboxylic acids is 3. The Morgan fingerprint density at radius 2 is 1.55 bits per heavy atom. The topological polar surface area (TPSA) is 153 Å². The summed E-state index contributed by atoms with van der Waals surface area (Å²) in [5.41, 5.74) is 7.73. The van der Waals surface area contributed by atoms with Crippen LogP contribution in [0.2, 0.25) is 0 Å². The Bertz CT molecular complexity index is 1620. The summed E-state index contributed by atoms with van der Waals surface area (Å²) in [6.45, 7) is 0. The van der Waals surface area contributed by atoms with Crippen molar-refractivity contribution in [2.45, 2.75) is 5.92 Å². The molecule has 1 aliphatic heterocycles. The van der Waals surface area contributed by atoms with E-state index >= 15 is 0 Å². The summed E-state index contributed by atoms with van der Waals surface area (Å²) in [5.74, 6) is -2.41. The molecule has 1 atom stereocenters. The van der Waals surface area contributed by atoms with E-state index in [0.717, 1.165) is 7.11 Å². The minimum atomic E-state index is -1.00. The van der Waals surface area contributed by atoms with Gasteiger partial charge < -0.3 is 30.0 Å². The summed E-state index contributed by atoms with van der Waals surface area (Å²) in [5, 5.41) is 13.0. The molecule has 3 N–H and O–H groups in total. The van der Waals surface area contributed by atoms with Gasteiger partial charge >= 0.3 is 11.9 Å². The van der Waals surface area contributed by atoms with E-state index in [-0.39, 0.29) is 34.1 Å². The molecule has 3 aromatic carbocycles. The van der Waals surface area contributed by atoms with Crippen molar-refractivity contribution in [3.63, 3.8) is 0 Å². The molecule has 0 aromatic heterocycles. The van der Waals surface area contributed by atoms with Crippen LogP contribution in [0.1, 0.15) is 21.8 Å². The Labute approximate surface area is 242 Å². The Hall–Kier alpha value is -5.76. The second-order valence-electron chi connectivity index (χ2n) is 8.90. The monoisotopic (exact) mass is 568 g/mol. The minimum absolute atomic E-state index is 0.0186. The number of carbonyl (C=O) groups is 3. The summed E-state index contributed by atoms with van der Waals surface area (Å²) in [4.78, 5) is 40.7. The number of rotatable bonds is 8. The third-order valence-electron chi connectivity index (χ3n) is 6.65. The maximum atomic E-state index is 13.3. The molecule has 0 bridgehead atoms. The molecular weight excluding hydrogens is 540 g/mol. The van der Waals surface area contributed by atoms with Crippen LogP contribution in [0, 0.1) is 11.3 Å². The average Bonchev–Trinajstić information content (AvgIpc) is 3.03. The van der Waals surface area contributed by atoms with Gasteiger partial charge in [-0.3, -0.25) is 9.69 Å². The maximum Gasteiger partial charge on any atom is 0.355 e. The van der Waals surface area contributed by atoms with Gasteiger partial charge in [0.05, 0.1) is 62.9 Å². The maximum absolute atomic E-state index is 13.3. The predicted octanol–water partition coefficient (Wildman–Crippen LogP) is 3.85. The third kappa shape index (κ3) is 5.46. The lowest BCUT2D eigenvalue weighted by Gasteiger charge is -2.36. The van der Waals surface area contributed by atoms with Gasteiger partial charge in [0.25, 0.3) is 5.91 Å². The summed E-state index contributed by atoms with van der Waals surface area (Å²) in [7, 11) is 5.27. The number of esters is 2. The third-order valence-corrected chi connectivity index (χ3v) is 6.65. The Morgan fingerprint density at radius 3 is 2.12 bits per heavy atom. The Kier molecular flexibility index (Phi) is 8.78. The molecule has 1 amide bonds. The molecule has 11 nitrogen and oxygen atoms in total. The molecule has 0 saturated carbocycles. The molecule has 0 aliphatic carbocycles. The number of hydrogen-bond donors (Lipinski definition) is 2. The number of nitrogens with one attached hydrogen (secondary N) is 1. The van der Waals surface area contributed by atoms with E-state index in [2.05, 4.69) is 11.4 Å². The van der Waals surface area contributed by atoms with Gasteiger partial charge in [0.15, 0.2) is 0 Å². The minimum Gasteiger partial charge on any atom is -0.497 e.